The quantitative estimate of drug-likeness (QED) is 0.339. The topological polar surface area (TPSA) is 0 Å². The average molecular weight is 493 g/mol. The zero-order valence-corrected chi connectivity index (χ0v) is 16.6. The molecule has 0 saturated heterocycles. The molecule has 0 amide bonds. The maximum Gasteiger partial charge on any atom is 0.132 e. The molecule has 0 aliphatic rings. The zero-order chi connectivity index (χ0) is 17.4. The van der Waals surface area contributed by atoms with Crippen LogP contribution in [0.5, 0.6) is 0 Å². The van der Waals surface area contributed by atoms with E-state index < -0.39 is 11.6 Å². The average Bonchev–Trinajstić information content (AvgIpc) is 2.49. The minimum Gasteiger partial charge on any atom is -0.206 e. The van der Waals surface area contributed by atoms with Crippen molar-refractivity contribution >= 4 is 55.1 Å². The van der Waals surface area contributed by atoms with E-state index in [0.29, 0.717) is 41.2 Å². The Morgan fingerprint density at radius 2 is 1.00 bits per heavy atom. The molecule has 0 aromatic heterocycles. The van der Waals surface area contributed by atoms with Crippen LogP contribution in [0, 0.1) is 11.6 Å². The van der Waals surface area contributed by atoms with Crippen LogP contribution in [0.15, 0.2) is 57.5 Å². The Labute approximate surface area is 164 Å². The first-order chi connectivity index (χ1) is 11.4. The maximum atomic E-state index is 14.3. The Balaban J connectivity index is 2.23. The van der Waals surface area contributed by atoms with Gasteiger partial charge in [-0.2, -0.15) is 0 Å². The first-order valence-corrected chi connectivity index (χ1v) is 9.11. The van der Waals surface area contributed by atoms with Crippen LogP contribution in [0.3, 0.4) is 0 Å². The van der Waals surface area contributed by atoms with Crippen molar-refractivity contribution in [1.29, 1.82) is 0 Å². The molecule has 0 atom stereocenters. The predicted molar refractivity (Wildman–Crippen MR) is 103 cm³/mol. The van der Waals surface area contributed by atoms with E-state index in [1.807, 2.05) is 0 Å². The molecule has 122 valence electrons. The lowest BCUT2D eigenvalue weighted by molar-refractivity contribution is 0.631. The minimum absolute atomic E-state index is 0.313. The second-order valence-corrected chi connectivity index (χ2v) is 7.64. The fourth-order valence-electron chi connectivity index (χ4n) is 2.38. The van der Waals surface area contributed by atoms with Gasteiger partial charge in [0.25, 0.3) is 0 Å². The van der Waals surface area contributed by atoms with Crippen LogP contribution < -0.4 is 0 Å². The van der Waals surface area contributed by atoms with Gasteiger partial charge in [0, 0.05) is 30.1 Å². The van der Waals surface area contributed by atoms with E-state index in [4.69, 9.17) is 23.2 Å². The molecule has 0 spiro atoms. The predicted octanol–water partition coefficient (Wildman–Crippen LogP) is 8.13. The van der Waals surface area contributed by atoms with Gasteiger partial charge in [-0.25, -0.2) is 8.78 Å². The monoisotopic (exact) mass is 490 g/mol. The van der Waals surface area contributed by atoms with Crippen LogP contribution in [-0.2, 0) is 0 Å². The summed E-state index contributed by atoms with van der Waals surface area (Å²) in [5, 5.41) is 0.627. The van der Waals surface area contributed by atoms with Crippen LogP contribution in [0.1, 0.15) is 0 Å². The second kappa shape index (κ2) is 7.12. The van der Waals surface area contributed by atoms with Gasteiger partial charge in [-0.15, -0.1) is 0 Å². The van der Waals surface area contributed by atoms with Crippen LogP contribution in [0.4, 0.5) is 8.78 Å². The lowest BCUT2D eigenvalue weighted by Gasteiger charge is -2.13. The SMILES string of the molecule is Fc1cc(Cl)ccc1-c1cc(-c2ccc(Cl)cc2F)c(Br)cc1Br. The van der Waals surface area contributed by atoms with Crippen LogP contribution in [0.2, 0.25) is 10.0 Å². The third-order valence-corrected chi connectivity index (χ3v) is 5.28. The van der Waals surface area contributed by atoms with Crippen LogP contribution in [0.25, 0.3) is 22.3 Å². The first kappa shape index (κ1) is 17.9. The Morgan fingerprint density at radius 3 is 1.38 bits per heavy atom. The van der Waals surface area contributed by atoms with E-state index in [2.05, 4.69) is 31.9 Å². The van der Waals surface area contributed by atoms with Gasteiger partial charge in [0.2, 0.25) is 0 Å². The smallest absolute Gasteiger partial charge is 0.132 e. The Morgan fingerprint density at radius 1 is 0.583 bits per heavy atom. The summed E-state index contributed by atoms with van der Waals surface area (Å²) < 4.78 is 29.9. The van der Waals surface area contributed by atoms with E-state index in [-0.39, 0.29) is 0 Å². The molecule has 0 aliphatic carbocycles. The summed E-state index contributed by atoms with van der Waals surface area (Å²) in [5.41, 5.74) is 1.93. The molecule has 0 N–H and O–H groups in total. The van der Waals surface area contributed by atoms with Crippen molar-refractivity contribution in [3.05, 3.63) is 79.2 Å². The van der Waals surface area contributed by atoms with E-state index in [1.165, 1.54) is 12.1 Å². The molecular weight excluding hydrogens is 485 g/mol. The summed E-state index contributed by atoms with van der Waals surface area (Å²) in [5.74, 6) is -0.902. The molecule has 0 heterocycles. The molecule has 0 aliphatic heterocycles. The van der Waals surface area contributed by atoms with Gasteiger partial charge < -0.3 is 0 Å². The fraction of sp³-hybridized carbons (Fsp3) is 0. The van der Waals surface area contributed by atoms with Gasteiger partial charge in [0.15, 0.2) is 0 Å². The lowest BCUT2D eigenvalue weighted by atomic mass is 9.98. The number of rotatable bonds is 2. The van der Waals surface area contributed by atoms with Crippen molar-refractivity contribution in [3.8, 4) is 22.3 Å². The maximum absolute atomic E-state index is 14.3. The third-order valence-electron chi connectivity index (χ3n) is 3.50. The Kier molecular flexibility index (Phi) is 5.30. The zero-order valence-electron chi connectivity index (χ0n) is 11.9. The Hall–Kier alpha value is -0.940. The minimum atomic E-state index is -0.451. The lowest BCUT2D eigenvalue weighted by Crippen LogP contribution is -1.91. The summed E-state index contributed by atoms with van der Waals surface area (Å²) in [6.07, 6.45) is 0. The first-order valence-electron chi connectivity index (χ1n) is 6.76. The van der Waals surface area contributed by atoms with Gasteiger partial charge in [0.1, 0.15) is 11.6 Å². The van der Waals surface area contributed by atoms with E-state index in [1.54, 1.807) is 36.4 Å². The molecule has 0 fully saturated rings. The van der Waals surface area contributed by atoms with Gasteiger partial charge in [0.05, 0.1) is 0 Å². The number of benzene rings is 3. The highest BCUT2D eigenvalue weighted by atomic mass is 79.9. The highest BCUT2D eigenvalue weighted by Crippen LogP contribution is 2.40. The summed E-state index contributed by atoms with van der Waals surface area (Å²) in [6.45, 7) is 0. The van der Waals surface area contributed by atoms with Crippen LogP contribution >= 0.6 is 55.1 Å². The Bertz CT molecular complexity index is 870. The van der Waals surface area contributed by atoms with E-state index in [9.17, 15) is 8.78 Å². The van der Waals surface area contributed by atoms with Crippen LogP contribution in [-0.4, -0.2) is 0 Å². The van der Waals surface area contributed by atoms with Gasteiger partial charge in [-0.1, -0.05) is 55.1 Å². The largest absolute Gasteiger partial charge is 0.206 e. The molecule has 6 heteroatoms. The van der Waals surface area contributed by atoms with Gasteiger partial charge >= 0.3 is 0 Å². The molecule has 0 saturated carbocycles. The summed E-state index contributed by atoms with van der Waals surface area (Å²) >= 11 is 18.5. The molecule has 0 bridgehead atoms. The van der Waals surface area contributed by atoms with Gasteiger partial charge in [-0.05, 0) is 59.7 Å². The van der Waals surface area contributed by atoms with Crippen molar-refractivity contribution in [2.24, 2.45) is 0 Å². The highest BCUT2D eigenvalue weighted by molar-refractivity contribution is 9.11. The molecule has 24 heavy (non-hydrogen) atoms. The van der Waals surface area contributed by atoms with Crippen molar-refractivity contribution in [3.63, 3.8) is 0 Å². The molecule has 0 nitrogen and oxygen atoms in total. The standard InChI is InChI=1S/C18H8Br2Cl2F2/c19-15-8-16(20)14(12-4-2-10(22)6-18(12)24)7-13(15)11-3-1-9(21)5-17(11)23/h1-8H. The van der Waals surface area contributed by atoms with Crippen molar-refractivity contribution < 1.29 is 8.78 Å². The number of hydrogen-bond acceptors (Lipinski definition) is 0. The molecule has 3 aromatic rings. The summed E-state index contributed by atoms with van der Waals surface area (Å²) in [7, 11) is 0. The highest BCUT2D eigenvalue weighted by Gasteiger charge is 2.16. The number of halogens is 6. The number of hydrogen-bond donors (Lipinski definition) is 0. The fourth-order valence-corrected chi connectivity index (χ4v) is 4.12. The summed E-state index contributed by atoms with van der Waals surface area (Å²) in [6, 6.07) is 12.4. The molecular formula is C18H8Br2Cl2F2. The van der Waals surface area contributed by atoms with Crippen molar-refractivity contribution in [2.75, 3.05) is 0 Å². The van der Waals surface area contributed by atoms with Crippen molar-refractivity contribution in [1.82, 2.24) is 0 Å². The molecule has 3 rings (SSSR count). The van der Waals surface area contributed by atoms with Gasteiger partial charge in [-0.3, -0.25) is 0 Å². The molecule has 0 unspecified atom stereocenters. The normalized spacial score (nSPS) is 10.9. The van der Waals surface area contributed by atoms with Crippen molar-refractivity contribution in [2.45, 2.75) is 0 Å². The third kappa shape index (κ3) is 3.52. The summed E-state index contributed by atoms with van der Waals surface area (Å²) in [4.78, 5) is 0. The molecule has 0 radical (unpaired) electrons. The van der Waals surface area contributed by atoms with E-state index in [0.717, 1.165) is 0 Å². The second-order valence-electron chi connectivity index (χ2n) is 5.06. The van der Waals surface area contributed by atoms with E-state index >= 15 is 0 Å². The molecule has 3 aromatic carbocycles.